The molecule has 0 rings (SSSR count). The van der Waals surface area contributed by atoms with Crippen LogP contribution < -0.4 is 17.2 Å². The molecule has 0 amide bonds. The van der Waals surface area contributed by atoms with Crippen LogP contribution in [0, 0.1) is 0 Å². The van der Waals surface area contributed by atoms with Gasteiger partial charge in [0.15, 0.2) is 0 Å². The van der Waals surface area contributed by atoms with Crippen molar-refractivity contribution in [3.63, 3.8) is 0 Å². The molecule has 0 bridgehead atoms. The first-order valence-corrected chi connectivity index (χ1v) is 5.87. The average Bonchev–Trinajstić information content (AvgIpc) is 2.19. The molecule has 0 aromatic carbocycles. The van der Waals surface area contributed by atoms with E-state index in [0.29, 0.717) is 0 Å². The number of nitrogens with two attached hydrogens (primary N) is 3. The summed E-state index contributed by atoms with van der Waals surface area (Å²) < 4.78 is 0. The molecule has 0 aliphatic carbocycles. The van der Waals surface area contributed by atoms with Gasteiger partial charge in [-0.1, -0.05) is 19.8 Å². The fourth-order valence-electron chi connectivity index (χ4n) is 1.72. The minimum Gasteiger partial charge on any atom is -0.330 e. The Hall–Kier alpha value is -0.120. The SMILES string of the molecule is CCC(N)(CCCCN)CCCCN. The molecule has 0 radical (unpaired) electrons. The fourth-order valence-corrected chi connectivity index (χ4v) is 1.72. The summed E-state index contributed by atoms with van der Waals surface area (Å²) in [5, 5.41) is 0. The molecule has 0 fully saturated rings. The maximum Gasteiger partial charge on any atom is 0.0151 e. The number of hydrogen-bond donors (Lipinski definition) is 3. The summed E-state index contributed by atoms with van der Waals surface area (Å²) >= 11 is 0. The third-order valence-electron chi connectivity index (χ3n) is 2.96. The Balaban J connectivity index is 3.67. The molecule has 0 spiro atoms. The smallest absolute Gasteiger partial charge is 0.0151 e. The van der Waals surface area contributed by atoms with E-state index in [2.05, 4.69) is 6.92 Å². The summed E-state index contributed by atoms with van der Waals surface area (Å²) in [6, 6.07) is 0. The van der Waals surface area contributed by atoms with Crippen LogP contribution in [0.25, 0.3) is 0 Å². The monoisotopic (exact) mass is 201 g/mol. The first-order valence-electron chi connectivity index (χ1n) is 5.87. The summed E-state index contributed by atoms with van der Waals surface area (Å²) in [6.45, 7) is 3.73. The van der Waals surface area contributed by atoms with Crippen LogP contribution in [0.3, 0.4) is 0 Å². The van der Waals surface area contributed by atoms with Gasteiger partial charge < -0.3 is 17.2 Å². The van der Waals surface area contributed by atoms with Gasteiger partial charge >= 0.3 is 0 Å². The van der Waals surface area contributed by atoms with Crippen molar-refractivity contribution in [2.24, 2.45) is 17.2 Å². The Bertz CT molecular complexity index is 116. The van der Waals surface area contributed by atoms with Crippen molar-refractivity contribution in [1.29, 1.82) is 0 Å². The molecule has 14 heavy (non-hydrogen) atoms. The Morgan fingerprint density at radius 2 is 1.29 bits per heavy atom. The van der Waals surface area contributed by atoms with E-state index in [9.17, 15) is 0 Å². The van der Waals surface area contributed by atoms with Crippen molar-refractivity contribution in [3.8, 4) is 0 Å². The summed E-state index contributed by atoms with van der Waals surface area (Å²) in [4.78, 5) is 0. The molecule has 0 aromatic rings. The second-order valence-corrected chi connectivity index (χ2v) is 4.21. The molecule has 3 nitrogen and oxygen atoms in total. The van der Waals surface area contributed by atoms with Crippen LogP contribution in [0.1, 0.15) is 51.9 Å². The normalized spacial score (nSPS) is 12.0. The van der Waals surface area contributed by atoms with E-state index >= 15 is 0 Å². The second-order valence-electron chi connectivity index (χ2n) is 4.21. The van der Waals surface area contributed by atoms with Gasteiger partial charge in [-0.15, -0.1) is 0 Å². The summed E-state index contributed by atoms with van der Waals surface area (Å²) in [7, 11) is 0. The summed E-state index contributed by atoms with van der Waals surface area (Å²) in [5.41, 5.74) is 17.3. The van der Waals surface area contributed by atoms with Crippen LogP contribution in [-0.4, -0.2) is 18.6 Å². The first-order chi connectivity index (χ1) is 6.68. The van der Waals surface area contributed by atoms with Crippen LogP contribution in [0.5, 0.6) is 0 Å². The molecule has 0 saturated heterocycles. The van der Waals surface area contributed by atoms with Crippen molar-refractivity contribution in [3.05, 3.63) is 0 Å². The molecule has 0 aliphatic rings. The van der Waals surface area contributed by atoms with Gasteiger partial charge in [0, 0.05) is 5.54 Å². The zero-order chi connectivity index (χ0) is 10.9. The summed E-state index contributed by atoms with van der Waals surface area (Å²) in [6.07, 6.45) is 7.76. The van der Waals surface area contributed by atoms with Gasteiger partial charge in [0.05, 0.1) is 0 Å². The van der Waals surface area contributed by atoms with Gasteiger partial charge in [-0.3, -0.25) is 0 Å². The lowest BCUT2D eigenvalue weighted by Crippen LogP contribution is -2.39. The van der Waals surface area contributed by atoms with Gasteiger partial charge in [-0.05, 0) is 45.2 Å². The maximum absolute atomic E-state index is 6.30. The van der Waals surface area contributed by atoms with E-state index < -0.39 is 0 Å². The molecule has 6 N–H and O–H groups in total. The molecular formula is C11H27N3. The van der Waals surface area contributed by atoms with Gasteiger partial charge in [0.2, 0.25) is 0 Å². The highest BCUT2D eigenvalue weighted by Crippen LogP contribution is 2.21. The highest BCUT2D eigenvalue weighted by Gasteiger charge is 2.20. The molecule has 0 unspecified atom stereocenters. The number of unbranched alkanes of at least 4 members (excludes halogenated alkanes) is 2. The van der Waals surface area contributed by atoms with E-state index in [1.807, 2.05) is 0 Å². The van der Waals surface area contributed by atoms with Crippen LogP contribution in [0.4, 0.5) is 0 Å². The lowest BCUT2D eigenvalue weighted by atomic mass is 9.86. The molecule has 0 atom stereocenters. The van der Waals surface area contributed by atoms with Crippen molar-refractivity contribution in [2.75, 3.05) is 13.1 Å². The van der Waals surface area contributed by atoms with E-state index in [1.54, 1.807) is 0 Å². The number of hydrogen-bond acceptors (Lipinski definition) is 3. The zero-order valence-electron chi connectivity index (χ0n) is 9.60. The lowest BCUT2D eigenvalue weighted by molar-refractivity contribution is 0.330. The van der Waals surface area contributed by atoms with Gasteiger partial charge in [0.1, 0.15) is 0 Å². The molecular weight excluding hydrogens is 174 g/mol. The Morgan fingerprint density at radius 3 is 1.57 bits per heavy atom. The number of rotatable bonds is 9. The van der Waals surface area contributed by atoms with Crippen LogP contribution in [0.15, 0.2) is 0 Å². The van der Waals surface area contributed by atoms with E-state index in [4.69, 9.17) is 17.2 Å². The molecule has 0 heterocycles. The van der Waals surface area contributed by atoms with E-state index in [1.165, 1.54) is 0 Å². The van der Waals surface area contributed by atoms with Crippen molar-refractivity contribution in [1.82, 2.24) is 0 Å². The topological polar surface area (TPSA) is 78.1 Å². The average molecular weight is 201 g/mol. The largest absolute Gasteiger partial charge is 0.330 e. The summed E-state index contributed by atoms with van der Waals surface area (Å²) in [5.74, 6) is 0. The van der Waals surface area contributed by atoms with Crippen LogP contribution >= 0.6 is 0 Å². The maximum atomic E-state index is 6.30. The molecule has 0 saturated carbocycles. The quantitative estimate of drug-likeness (QED) is 0.493. The predicted octanol–water partition coefficient (Wildman–Crippen LogP) is 1.35. The standard InChI is InChI=1S/C11H27N3/c1-2-11(14,7-3-5-9-12)8-4-6-10-13/h2-10,12-14H2,1H3. The minimum atomic E-state index is 0.0321. The van der Waals surface area contributed by atoms with Crippen molar-refractivity contribution >= 4 is 0 Å². The van der Waals surface area contributed by atoms with E-state index in [0.717, 1.165) is 58.0 Å². The van der Waals surface area contributed by atoms with Crippen LogP contribution in [0.2, 0.25) is 0 Å². The molecule has 0 aliphatic heterocycles. The van der Waals surface area contributed by atoms with Crippen molar-refractivity contribution < 1.29 is 0 Å². The Morgan fingerprint density at radius 1 is 0.857 bits per heavy atom. The minimum absolute atomic E-state index is 0.0321. The highest BCUT2D eigenvalue weighted by atomic mass is 14.7. The van der Waals surface area contributed by atoms with Gasteiger partial charge in [0.25, 0.3) is 0 Å². The zero-order valence-corrected chi connectivity index (χ0v) is 9.60. The van der Waals surface area contributed by atoms with Crippen LogP contribution in [-0.2, 0) is 0 Å². The Kier molecular flexibility index (Phi) is 8.14. The van der Waals surface area contributed by atoms with Crippen molar-refractivity contribution in [2.45, 2.75) is 57.4 Å². The molecule has 0 aromatic heterocycles. The highest BCUT2D eigenvalue weighted by molar-refractivity contribution is 4.82. The third kappa shape index (κ3) is 6.35. The second kappa shape index (κ2) is 8.21. The van der Waals surface area contributed by atoms with E-state index in [-0.39, 0.29) is 5.54 Å². The Labute approximate surface area is 88.4 Å². The third-order valence-corrected chi connectivity index (χ3v) is 2.96. The molecule has 3 heteroatoms. The van der Waals surface area contributed by atoms with Gasteiger partial charge in [-0.2, -0.15) is 0 Å². The first kappa shape index (κ1) is 13.9. The predicted molar refractivity (Wildman–Crippen MR) is 63.0 cm³/mol. The lowest BCUT2D eigenvalue weighted by Gasteiger charge is -2.28. The molecule has 86 valence electrons. The van der Waals surface area contributed by atoms with Gasteiger partial charge in [-0.25, -0.2) is 0 Å². The fraction of sp³-hybridized carbons (Fsp3) is 1.00.